The Hall–Kier alpha value is -1.94. The SMILES string of the molecule is CN=C(NCCCN1CCN(c2ncccn2)CC1)NCc1ccc(C)cc1C.I. The maximum Gasteiger partial charge on any atom is 0.225 e. The first-order valence-electron chi connectivity index (χ1n) is 10.4. The van der Waals surface area contributed by atoms with Gasteiger partial charge < -0.3 is 15.5 Å². The Bertz CT molecular complexity index is 789. The number of guanidine groups is 1. The van der Waals surface area contributed by atoms with Crippen LogP contribution >= 0.6 is 24.0 Å². The molecule has 0 radical (unpaired) electrons. The molecule has 1 saturated heterocycles. The molecule has 0 amide bonds. The summed E-state index contributed by atoms with van der Waals surface area (Å²) in [5, 5.41) is 6.84. The molecule has 3 rings (SSSR count). The van der Waals surface area contributed by atoms with Gasteiger partial charge in [-0.15, -0.1) is 24.0 Å². The summed E-state index contributed by atoms with van der Waals surface area (Å²) in [6.07, 6.45) is 4.70. The normalized spacial score (nSPS) is 14.9. The van der Waals surface area contributed by atoms with E-state index in [1.807, 2.05) is 13.1 Å². The van der Waals surface area contributed by atoms with Crippen LogP contribution in [0.5, 0.6) is 0 Å². The summed E-state index contributed by atoms with van der Waals surface area (Å²) in [7, 11) is 1.82. The van der Waals surface area contributed by atoms with Crippen molar-refractivity contribution in [2.45, 2.75) is 26.8 Å². The van der Waals surface area contributed by atoms with Crippen molar-refractivity contribution >= 4 is 35.9 Å². The number of halogens is 1. The van der Waals surface area contributed by atoms with Crippen LogP contribution in [0.15, 0.2) is 41.7 Å². The molecule has 1 aliphatic rings. The first kappa shape index (κ1) is 24.3. The zero-order valence-corrected chi connectivity index (χ0v) is 20.6. The van der Waals surface area contributed by atoms with E-state index >= 15 is 0 Å². The molecule has 0 atom stereocenters. The lowest BCUT2D eigenvalue weighted by molar-refractivity contribution is 0.254. The molecule has 2 N–H and O–H groups in total. The quantitative estimate of drug-likeness (QED) is 0.252. The average molecular weight is 523 g/mol. The third kappa shape index (κ3) is 7.39. The lowest BCUT2D eigenvalue weighted by Gasteiger charge is -2.34. The summed E-state index contributed by atoms with van der Waals surface area (Å²) < 4.78 is 0. The third-order valence-corrected chi connectivity index (χ3v) is 5.32. The molecule has 1 aliphatic heterocycles. The van der Waals surface area contributed by atoms with Gasteiger partial charge in [0.25, 0.3) is 0 Å². The second kappa shape index (κ2) is 12.7. The Labute approximate surface area is 197 Å². The monoisotopic (exact) mass is 523 g/mol. The summed E-state index contributed by atoms with van der Waals surface area (Å²) in [6, 6.07) is 8.42. The van der Waals surface area contributed by atoms with E-state index < -0.39 is 0 Å². The van der Waals surface area contributed by atoms with Crippen molar-refractivity contribution in [2.75, 3.05) is 51.2 Å². The van der Waals surface area contributed by atoms with Gasteiger partial charge >= 0.3 is 0 Å². The van der Waals surface area contributed by atoms with E-state index in [2.05, 4.69) is 67.4 Å². The molecule has 164 valence electrons. The van der Waals surface area contributed by atoms with E-state index in [4.69, 9.17) is 0 Å². The number of aliphatic imine (C=N–C) groups is 1. The molecule has 0 spiro atoms. The Morgan fingerprint density at radius 1 is 1.07 bits per heavy atom. The second-order valence-corrected chi connectivity index (χ2v) is 7.51. The fraction of sp³-hybridized carbons (Fsp3) is 0.500. The highest BCUT2D eigenvalue weighted by Crippen LogP contribution is 2.10. The van der Waals surface area contributed by atoms with Crippen LogP contribution in [0.4, 0.5) is 5.95 Å². The van der Waals surface area contributed by atoms with Gasteiger partial charge in [-0.25, -0.2) is 9.97 Å². The van der Waals surface area contributed by atoms with Gasteiger partial charge in [-0.2, -0.15) is 0 Å². The van der Waals surface area contributed by atoms with Gasteiger partial charge in [0.05, 0.1) is 0 Å². The van der Waals surface area contributed by atoms with Crippen molar-refractivity contribution in [2.24, 2.45) is 4.99 Å². The van der Waals surface area contributed by atoms with Gasteiger partial charge in [0.1, 0.15) is 0 Å². The van der Waals surface area contributed by atoms with E-state index in [1.165, 1.54) is 16.7 Å². The smallest absolute Gasteiger partial charge is 0.225 e. The zero-order valence-electron chi connectivity index (χ0n) is 18.3. The number of rotatable bonds is 7. The molecule has 1 aromatic heterocycles. The zero-order chi connectivity index (χ0) is 20.5. The number of anilines is 1. The topological polar surface area (TPSA) is 68.7 Å². The van der Waals surface area contributed by atoms with Gasteiger partial charge in [0.15, 0.2) is 5.96 Å². The largest absolute Gasteiger partial charge is 0.356 e. The van der Waals surface area contributed by atoms with E-state index in [0.717, 1.165) is 64.1 Å². The molecule has 1 aromatic carbocycles. The van der Waals surface area contributed by atoms with Gasteiger partial charge in [-0.3, -0.25) is 9.89 Å². The first-order chi connectivity index (χ1) is 14.2. The summed E-state index contributed by atoms with van der Waals surface area (Å²) in [6.45, 7) is 11.1. The summed E-state index contributed by atoms with van der Waals surface area (Å²) in [5.74, 6) is 1.70. The molecule has 0 bridgehead atoms. The summed E-state index contributed by atoms with van der Waals surface area (Å²) >= 11 is 0. The number of aryl methyl sites for hydroxylation is 2. The molecular weight excluding hydrogens is 489 g/mol. The van der Waals surface area contributed by atoms with E-state index in [1.54, 1.807) is 12.4 Å². The first-order valence-corrected chi connectivity index (χ1v) is 10.4. The standard InChI is InChI=1S/C22H33N7.HI/c1-18-6-7-20(19(2)16-18)17-27-21(23-3)24-10-5-11-28-12-14-29(15-13-28)22-25-8-4-9-26-22;/h4,6-9,16H,5,10-15,17H2,1-3H3,(H2,23,24,27);1H. The Morgan fingerprint density at radius 3 is 2.47 bits per heavy atom. The van der Waals surface area contributed by atoms with Crippen LogP contribution in [0, 0.1) is 13.8 Å². The molecule has 1 fully saturated rings. The van der Waals surface area contributed by atoms with Crippen molar-refractivity contribution in [3.63, 3.8) is 0 Å². The number of piperazine rings is 1. The number of nitrogens with one attached hydrogen (secondary N) is 2. The average Bonchev–Trinajstić information content (AvgIpc) is 2.75. The molecule has 2 aromatic rings. The predicted octanol–water partition coefficient (Wildman–Crippen LogP) is 2.59. The molecule has 8 heteroatoms. The highest BCUT2D eigenvalue weighted by Gasteiger charge is 2.18. The van der Waals surface area contributed by atoms with Crippen LogP contribution in [0.1, 0.15) is 23.1 Å². The molecule has 0 aliphatic carbocycles. The number of benzene rings is 1. The van der Waals surface area contributed by atoms with Crippen LogP contribution in [-0.2, 0) is 6.54 Å². The Morgan fingerprint density at radius 2 is 1.80 bits per heavy atom. The van der Waals surface area contributed by atoms with E-state index in [0.29, 0.717) is 0 Å². The predicted molar refractivity (Wildman–Crippen MR) is 135 cm³/mol. The summed E-state index contributed by atoms with van der Waals surface area (Å²) in [4.78, 5) is 17.8. The number of hydrogen-bond acceptors (Lipinski definition) is 5. The maximum atomic E-state index is 4.35. The molecule has 0 unspecified atom stereocenters. The third-order valence-electron chi connectivity index (χ3n) is 5.32. The lowest BCUT2D eigenvalue weighted by atomic mass is 10.1. The van der Waals surface area contributed by atoms with Crippen LogP contribution < -0.4 is 15.5 Å². The van der Waals surface area contributed by atoms with Gasteiger partial charge in [-0.05, 0) is 44.0 Å². The highest BCUT2D eigenvalue weighted by atomic mass is 127. The fourth-order valence-electron chi connectivity index (χ4n) is 3.58. The van der Waals surface area contributed by atoms with Crippen molar-refractivity contribution in [1.82, 2.24) is 25.5 Å². The van der Waals surface area contributed by atoms with E-state index in [-0.39, 0.29) is 24.0 Å². The van der Waals surface area contributed by atoms with Crippen LogP contribution in [-0.4, -0.2) is 67.1 Å². The van der Waals surface area contributed by atoms with E-state index in [9.17, 15) is 0 Å². The van der Waals surface area contributed by atoms with Crippen LogP contribution in [0.3, 0.4) is 0 Å². The van der Waals surface area contributed by atoms with Crippen molar-refractivity contribution in [3.8, 4) is 0 Å². The molecule has 2 heterocycles. The minimum absolute atomic E-state index is 0. The number of aromatic nitrogens is 2. The Balaban J connectivity index is 0.00000320. The highest BCUT2D eigenvalue weighted by molar-refractivity contribution is 14.0. The lowest BCUT2D eigenvalue weighted by Crippen LogP contribution is -2.47. The molecular formula is C22H34IN7. The number of nitrogens with zero attached hydrogens (tertiary/aromatic N) is 5. The van der Waals surface area contributed by atoms with Crippen LogP contribution in [0.2, 0.25) is 0 Å². The van der Waals surface area contributed by atoms with Crippen molar-refractivity contribution in [1.29, 1.82) is 0 Å². The van der Waals surface area contributed by atoms with Crippen molar-refractivity contribution < 1.29 is 0 Å². The molecule has 0 saturated carbocycles. The van der Waals surface area contributed by atoms with Gasteiger partial charge in [0, 0.05) is 58.7 Å². The van der Waals surface area contributed by atoms with Gasteiger partial charge in [-0.1, -0.05) is 23.8 Å². The van der Waals surface area contributed by atoms with Gasteiger partial charge in [0.2, 0.25) is 5.95 Å². The minimum Gasteiger partial charge on any atom is -0.356 e. The van der Waals surface area contributed by atoms with Crippen molar-refractivity contribution in [3.05, 3.63) is 53.3 Å². The fourth-order valence-corrected chi connectivity index (χ4v) is 3.58. The second-order valence-electron chi connectivity index (χ2n) is 7.51. The minimum atomic E-state index is 0. The summed E-state index contributed by atoms with van der Waals surface area (Å²) in [5.41, 5.74) is 3.91. The molecule has 30 heavy (non-hydrogen) atoms. The number of hydrogen-bond donors (Lipinski definition) is 2. The van der Waals surface area contributed by atoms with Crippen LogP contribution in [0.25, 0.3) is 0 Å². The maximum absolute atomic E-state index is 4.35. The molecule has 7 nitrogen and oxygen atoms in total. The Kier molecular flexibility index (Phi) is 10.3.